The number of ether oxygens (including phenoxy) is 1. The molecule has 0 aromatic heterocycles. The first-order valence-electron chi connectivity index (χ1n) is 11.9. The van der Waals surface area contributed by atoms with Crippen LogP contribution in [0.3, 0.4) is 0 Å². The van der Waals surface area contributed by atoms with E-state index >= 15 is 0 Å². The fourth-order valence-corrected chi connectivity index (χ4v) is 4.41. The third-order valence-electron chi connectivity index (χ3n) is 6.34. The van der Waals surface area contributed by atoms with E-state index in [1.165, 1.54) is 12.1 Å². The zero-order chi connectivity index (χ0) is 25.8. The van der Waals surface area contributed by atoms with Gasteiger partial charge >= 0.3 is 0 Å². The Labute approximate surface area is 209 Å². The minimum Gasteiger partial charge on any atom is -0.493 e. The monoisotopic (exact) mass is 490 g/mol. The van der Waals surface area contributed by atoms with Crippen LogP contribution in [0.4, 0.5) is 8.78 Å². The van der Waals surface area contributed by atoms with Crippen molar-refractivity contribution in [1.29, 1.82) is 0 Å². The number of amides is 1. The number of carbonyl (C=O) groups is 2. The van der Waals surface area contributed by atoms with E-state index in [0.717, 1.165) is 16.7 Å². The Kier molecular flexibility index (Phi) is 7.58. The standard InChI is InChI=1S/C29H28F2N2O3/c1-4-27(34)23-12-18(9-11-26(23)31)22-10-8-19(13-28(22)36-5-2)29(35)33(3)17-21-7-6-20(14-30)24-15-32-16-25(21)24/h6-13,15H,4-5,14,16-17H2,1-3H3. The number of hydrogen-bond acceptors (Lipinski definition) is 4. The molecule has 0 aliphatic carbocycles. The van der Waals surface area contributed by atoms with E-state index in [-0.39, 0.29) is 23.7 Å². The molecule has 7 heteroatoms. The number of aliphatic imine (C=N–C) groups is 1. The SMILES string of the molecule is CCOc1cc(C(=O)N(C)Cc2ccc(CF)c3c2CN=C3)ccc1-c1ccc(F)c(C(=O)CC)c1. The van der Waals surface area contributed by atoms with Gasteiger partial charge in [-0.2, -0.15) is 0 Å². The van der Waals surface area contributed by atoms with Crippen LogP contribution >= 0.6 is 0 Å². The molecular formula is C29H28F2N2O3. The second-order valence-electron chi connectivity index (χ2n) is 8.66. The fraction of sp³-hybridized carbons (Fsp3) is 0.276. The summed E-state index contributed by atoms with van der Waals surface area (Å²) >= 11 is 0. The van der Waals surface area contributed by atoms with Gasteiger partial charge < -0.3 is 9.64 Å². The van der Waals surface area contributed by atoms with Crippen LogP contribution in [-0.4, -0.2) is 36.5 Å². The van der Waals surface area contributed by atoms with Gasteiger partial charge in [-0.15, -0.1) is 0 Å². The van der Waals surface area contributed by atoms with Gasteiger partial charge in [-0.1, -0.05) is 25.1 Å². The first kappa shape index (κ1) is 25.2. The maximum absolute atomic E-state index is 14.2. The lowest BCUT2D eigenvalue weighted by atomic mass is 9.97. The van der Waals surface area contributed by atoms with Crippen LogP contribution in [0, 0.1) is 5.82 Å². The van der Waals surface area contributed by atoms with Crippen LogP contribution in [0.1, 0.15) is 63.2 Å². The molecule has 0 saturated heterocycles. The Morgan fingerprint density at radius 2 is 1.83 bits per heavy atom. The maximum atomic E-state index is 14.2. The number of halogens is 2. The Hall–Kier alpha value is -3.87. The highest BCUT2D eigenvalue weighted by Crippen LogP contribution is 2.33. The summed E-state index contributed by atoms with van der Waals surface area (Å²) in [6, 6.07) is 13.1. The Morgan fingerprint density at radius 1 is 1.06 bits per heavy atom. The van der Waals surface area contributed by atoms with Crippen LogP contribution < -0.4 is 4.74 Å². The molecule has 5 nitrogen and oxygen atoms in total. The summed E-state index contributed by atoms with van der Waals surface area (Å²) in [5, 5.41) is 0. The molecule has 0 bridgehead atoms. The van der Waals surface area contributed by atoms with E-state index in [2.05, 4.69) is 4.99 Å². The normalized spacial score (nSPS) is 11.9. The molecule has 0 N–H and O–H groups in total. The third kappa shape index (κ3) is 4.91. The molecule has 0 fully saturated rings. The van der Waals surface area contributed by atoms with Crippen LogP contribution in [-0.2, 0) is 19.8 Å². The number of alkyl halides is 1. The Morgan fingerprint density at radius 3 is 2.56 bits per heavy atom. The molecule has 0 radical (unpaired) electrons. The summed E-state index contributed by atoms with van der Waals surface area (Å²) in [5.74, 6) is -0.573. The molecule has 3 aromatic carbocycles. The number of Topliss-reactive ketones (excluding diaryl/α,β-unsaturated/α-hetero) is 1. The average Bonchev–Trinajstić information content (AvgIpc) is 3.39. The number of carbonyl (C=O) groups excluding carboxylic acids is 2. The molecule has 1 amide bonds. The highest BCUT2D eigenvalue weighted by atomic mass is 19.1. The van der Waals surface area contributed by atoms with Crippen molar-refractivity contribution in [1.82, 2.24) is 4.90 Å². The minimum atomic E-state index is -0.562. The molecule has 3 aromatic rings. The maximum Gasteiger partial charge on any atom is 0.254 e. The van der Waals surface area contributed by atoms with Gasteiger partial charge in [0.15, 0.2) is 5.78 Å². The highest BCUT2D eigenvalue weighted by molar-refractivity contribution is 5.98. The summed E-state index contributed by atoms with van der Waals surface area (Å²) in [6.45, 7) is 4.17. The number of ketones is 1. The van der Waals surface area contributed by atoms with Gasteiger partial charge in [-0.3, -0.25) is 14.6 Å². The summed E-state index contributed by atoms with van der Waals surface area (Å²) in [7, 11) is 1.71. The van der Waals surface area contributed by atoms with Gasteiger partial charge in [-0.25, -0.2) is 8.78 Å². The first-order chi connectivity index (χ1) is 17.4. The van der Waals surface area contributed by atoms with Crippen molar-refractivity contribution in [2.45, 2.75) is 40.0 Å². The van der Waals surface area contributed by atoms with Crippen molar-refractivity contribution in [3.8, 4) is 16.9 Å². The third-order valence-corrected chi connectivity index (χ3v) is 6.34. The van der Waals surface area contributed by atoms with Crippen molar-refractivity contribution in [2.24, 2.45) is 4.99 Å². The van der Waals surface area contributed by atoms with E-state index in [9.17, 15) is 18.4 Å². The second kappa shape index (κ2) is 10.8. The molecule has 0 spiro atoms. The van der Waals surface area contributed by atoms with E-state index in [0.29, 0.717) is 47.7 Å². The van der Waals surface area contributed by atoms with Crippen molar-refractivity contribution < 1.29 is 23.1 Å². The summed E-state index contributed by atoms with van der Waals surface area (Å²) < 4.78 is 33.3. The van der Waals surface area contributed by atoms with Gasteiger partial charge in [0.1, 0.15) is 18.2 Å². The Balaban J connectivity index is 1.62. The predicted molar refractivity (Wildman–Crippen MR) is 136 cm³/mol. The lowest BCUT2D eigenvalue weighted by Gasteiger charge is -2.21. The van der Waals surface area contributed by atoms with Crippen LogP contribution in [0.15, 0.2) is 53.5 Å². The number of rotatable bonds is 9. The lowest BCUT2D eigenvalue weighted by Crippen LogP contribution is -2.27. The predicted octanol–water partition coefficient (Wildman–Crippen LogP) is 6.16. The fourth-order valence-electron chi connectivity index (χ4n) is 4.41. The molecule has 186 valence electrons. The summed E-state index contributed by atoms with van der Waals surface area (Å²) in [5.41, 5.74) is 5.05. The van der Waals surface area contributed by atoms with Crippen LogP contribution in [0.25, 0.3) is 11.1 Å². The minimum absolute atomic E-state index is 0.0348. The molecule has 4 rings (SSSR count). The zero-order valence-corrected chi connectivity index (χ0v) is 20.6. The topological polar surface area (TPSA) is 59.0 Å². The number of hydrogen-bond donors (Lipinski definition) is 0. The Bertz CT molecular complexity index is 1350. The van der Waals surface area contributed by atoms with Crippen LogP contribution in [0.2, 0.25) is 0 Å². The molecule has 0 saturated carbocycles. The smallest absolute Gasteiger partial charge is 0.254 e. The molecule has 1 aliphatic heterocycles. The van der Waals surface area contributed by atoms with Gasteiger partial charge in [0, 0.05) is 42.9 Å². The lowest BCUT2D eigenvalue weighted by molar-refractivity contribution is 0.0784. The van der Waals surface area contributed by atoms with E-state index < -0.39 is 12.5 Å². The number of fused-ring (bicyclic) bond motifs is 1. The molecule has 1 aliphatic rings. The van der Waals surface area contributed by atoms with E-state index in [1.807, 2.05) is 13.0 Å². The van der Waals surface area contributed by atoms with Gasteiger partial charge in [0.05, 0.1) is 18.7 Å². The van der Waals surface area contributed by atoms with Crippen molar-refractivity contribution in [3.63, 3.8) is 0 Å². The average molecular weight is 491 g/mol. The van der Waals surface area contributed by atoms with Gasteiger partial charge in [0.2, 0.25) is 0 Å². The van der Waals surface area contributed by atoms with E-state index in [1.54, 1.807) is 55.4 Å². The van der Waals surface area contributed by atoms with Crippen molar-refractivity contribution in [3.05, 3.63) is 87.7 Å². The highest BCUT2D eigenvalue weighted by Gasteiger charge is 2.21. The molecule has 1 heterocycles. The van der Waals surface area contributed by atoms with Gasteiger partial charge in [-0.05, 0) is 59.5 Å². The van der Waals surface area contributed by atoms with Crippen molar-refractivity contribution >= 4 is 17.9 Å². The van der Waals surface area contributed by atoms with Gasteiger partial charge in [0.25, 0.3) is 5.91 Å². The van der Waals surface area contributed by atoms with Crippen LogP contribution in [0.5, 0.6) is 5.75 Å². The van der Waals surface area contributed by atoms with E-state index in [4.69, 9.17) is 4.74 Å². The first-order valence-corrected chi connectivity index (χ1v) is 11.9. The molecule has 36 heavy (non-hydrogen) atoms. The largest absolute Gasteiger partial charge is 0.493 e. The quantitative estimate of drug-likeness (QED) is 0.338. The summed E-state index contributed by atoms with van der Waals surface area (Å²) in [4.78, 5) is 31.3. The second-order valence-corrected chi connectivity index (χ2v) is 8.66. The molecular weight excluding hydrogens is 462 g/mol. The number of nitrogens with zero attached hydrogens (tertiary/aromatic N) is 2. The molecule has 0 unspecified atom stereocenters. The molecule has 0 atom stereocenters. The zero-order valence-electron chi connectivity index (χ0n) is 20.6. The summed E-state index contributed by atoms with van der Waals surface area (Å²) in [6.07, 6.45) is 1.89. The van der Waals surface area contributed by atoms with Crippen molar-refractivity contribution in [2.75, 3.05) is 13.7 Å². The number of benzene rings is 3.